The molecule has 0 aromatic heterocycles. The molecule has 2 aliphatic rings. The number of benzene rings is 1. The van der Waals surface area contributed by atoms with E-state index in [1.165, 1.54) is 25.3 Å². The summed E-state index contributed by atoms with van der Waals surface area (Å²) in [5.41, 5.74) is 2.15. The van der Waals surface area contributed by atoms with Crippen LogP contribution in [0.4, 0.5) is 0 Å². The van der Waals surface area contributed by atoms with Crippen molar-refractivity contribution in [3.05, 3.63) is 35.4 Å². The molecule has 2 saturated heterocycles. The van der Waals surface area contributed by atoms with E-state index in [0.717, 1.165) is 18.4 Å². The third-order valence-corrected chi connectivity index (χ3v) is 5.63. The first-order chi connectivity index (χ1) is 11.9. The van der Waals surface area contributed by atoms with E-state index in [0.29, 0.717) is 24.5 Å². The Balaban J connectivity index is 0.00000243. The number of hydrogen-bond donors (Lipinski definition) is 2. The number of aryl methyl sites for hydroxylation is 1. The fourth-order valence-corrected chi connectivity index (χ4v) is 4.16. The van der Waals surface area contributed by atoms with E-state index >= 15 is 0 Å². The number of fused-ring (bicyclic) bond motifs is 2. The van der Waals surface area contributed by atoms with Gasteiger partial charge < -0.3 is 15.5 Å². The quantitative estimate of drug-likeness (QED) is 0.826. The molecular formula is C20H30ClN3O2. The summed E-state index contributed by atoms with van der Waals surface area (Å²) in [4.78, 5) is 26.4. The maximum Gasteiger partial charge on any atom is 0.224 e. The number of hydrogen-bond acceptors (Lipinski definition) is 3. The monoisotopic (exact) mass is 379 g/mol. The first kappa shape index (κ1) is 20.7. The maximum absolute atomic E-state index is 12.9. The van der Waals surface area contributed by atoms with E-state index in [-0.39, 0.29) is 30.3 Å². The van der Waals surface area contributed by atoms with E-state index in [1.807, 2.05) is 43.1 Å². The number of piperidine rings is 1. The second kappa shape index (κ2) is 8.87. The molecule has 0 radical (unpaired) electrons. The maximum atomic E-state index is 12.9. The van der Waals surface area contributed by atoms with Crippen LogP contribution in [0, 0.1) is 6.92 Å². The molecule has 2 amide bonds. The summed E-state index contributed by atoms with van der Waals surface area (Å²) >= 11 is 0. The van der Waals surface area contributed by atoms with Crippen LogP contribution in [-0.4, -0.2) is 41.9 Å². The minimum atomic E-state index is -0.272. The summed E-state index contributed by atoms with van der Waals surface area (Å²) in [5.74, 6) is -0.00781. The average Bonchev–Trinajstić information content (AvgIpc) is 2.91. The summed E-state index contributed by atoms with van der Waals surface area (Å²) < 4.78 is 0. The molecule has 2 aliphatic heterocycles. The summed E-state index contributed by atoms with van der Waals surface area (Å²) in [6.07, 6.45) is 4.82. The molecule has 3 unspecified atom stereocenters. The first-order valence-corrected chi connectivity index (χ1v) is 9.27. The topological polar surface area (TPSA) is 61.4 Å². The Morgan fingerprint density at radius 2 is 1.77 bits per heavy atom. The lowest BCUT2D eigenvalue weighted by atomic mass is 9.97. The molecule has 0 aliphatic carbocycles. The molecule has 3 atom stereocenters. The van der Waals surface area contributed by atoms with Crippen molar-refractivity contribution in [1.82, 2.24) is 15.5 Å². The summed E-state index contributed by atoms with van der Waals surface area (Å²) in [6, 6.07) is 9.17. The van der Waals surface area contributed by atoms with Crippen molar-refractivity contribution in [1.29, 1.82) is 0 Å². The molecule has 2 heterocycles. The molecule has 2 bridgehead atoms. The number of halogens is 1. The smallest absolute Gasteiger partial charge is 0.224 e. The van der Waals surface area contributed by atoms with Gasteiger partial charge in [-0.05, 0) is 38.2 Å². The molecule has 0 spiro atoms. The molecular weight excluding hydrogens is 350 g/mol. The molecule has 1 aromatic rings. The number of carbonyl (C=O) groups excluding carboxylic acids is 2. The predicted molar refractivity (Wildman–Crippen MR) is 105 cm³/mol. The SMILES string of the molecule is CC(=O)NC(CC(=O)N(C)C1CC2CCC(C1)N2)c1ccc(C)cc1.Cl. The zero-order valence-electron chi connectivity index (χ0n) is 15.8. The van der Waals surface area contributed by atoms with Crippen LogP contribution in [-0.2, 0) is 9.59 Å². The van der Waals surface area contributed by atoms with Crippen molar-refractivity contribution in [3.63, 3.8) is 0 Å². The van der Waals surface area contributed by atoms with Crippen molar-refractivity contribution in [2.24, 2.45) is 0 Å². The molecule has 144 valence electrons. The van der Waals surface area contributed by atoms with Gasteiger partial charge >= 0.3 is 0 Å². The minimum absolute atomic E-state index is 0. The number of nitrogens with one attached hydrogen (secondary N) is 2. The lowest BCUT2D eigenvalue weighted by molar-refractivity contribution is -0.133. The Bertz CT molecular complexity index is 622. The second-order valence-corrected chi connectivity index (χ2v) is 7.64. The summed E-state index contributed by atoms with van der Waals surface area (Å²) in [6.45, 7) is 3.53. The van der Waals surface area contributed by atoms with E-state index in [4.69, 9.17) is 0 Å². The number of carbonyl (C=O) groups is 2. The van der Waals surface area contributed by atoms with Crippen LogP contribution in [0.3, 0.4) is 0 Å². The molecule has 26 heavy (non-hydrogen) atoms. The highest BCUT2D eigenvalue weighted by molar-refractivity contribution is 5.85. The van der Waals surface area contributed by atoms with E-state index in [2.05, 4.69) is 10.6 Å². The van der Waals surface area contributed by atoms with Gasteiger partial charge in [-0.25, -0.2) is 0 Å². The van der Waals surface area contributed by atoms with E-state index < -0.39 is 0 Å². The molecule has 6 heteroatoms. The second-order valence-electron chi connectivity index (χ2n) is 7.64. The summed E-state index contributed by atoms with van der Waals surface area (Å²) in [5, 5.41) is 6.55. The van der Waals surface area contributed by atoms with Crippen molar-refractivity contribution < 1.29 is 9.59 Å². The van der Waals surface area contributed by atoms with Crippen molar-refractivity contribution in [2.45, 2.75) is 70.1 Å². The van der Waals surface area contributed by atoms with Crippen LogP contribution in [0.2, 0.25) is 0 Å². The molecule has 2 fully saturated rings. The van der Waals surface area contributed by atoms with Crippen LogP contribution in [0.5, 0.6) is 0 Å². The Hall–Kier alpha value is -1.59. The predicted octanol–water partition coefficient (Wildman–Crippen LogP) is 2.73. The van der Waals surface area contributed by atoms with Gasteiger partial charge in [0.05, 0.1) is 12.5 Å². The number of rotatable bonds is 5. The van der Waals surface area contributed by atoms with Gasteiger partial charge in [0, 0.05) is 32.1 Å². The molecule has 0 saturated carbocycles. The largest absolute Gasteiger partial charge is 0.349 e. The van der Waals surface area contributed by atoms with Gasteiger partial charge in [-0.15, -0.1) is 12.4 Å². The lowest BCUT2D eigenvalue weighted by Crippen LogP contribution is -2.49. The highest BCUT2D eigenvalue weighted by Crippen LogP contribution is 2.30. The average molecular weight is 380 g/mol. The van der Waals surface area contributed by atoms with Gasteiger partial charge in [-0.2, -0.15) is 0 Å². The van der Waals surface area contributed by atoms with Crippen molar-refractivity contribution >= 4 is 24.2 Å². The van der Waals surface area contributed by atoms with Gasteiger partial charge in [-0.3, -0.25) is 9.59 Å². The van der Waals surface area contributed by atoms with Gasteiger partial charge in [0.15, 0.2) is 0 Å². The molecule has 5 nitrogen and oxygen atoms in total. The van der Waals surface area contributed by atoms with Crippen LogP contribution in [0.25, 0.3) is 0 Å². The van der Waals surface area contributed by atoms with E-state index in [9.17, 15) is 9.59 Å². The van der Waals surface area contributed by atoms with Crippen LogP contribution < -0.4 is 10.6 Å². The first-order valence-electron chi connectivity index (χ1n) is 9.27. The Labute approximate surface area is 162 Å². The van der Waals surface area contributed by atoms with Gasteiger partial charge in [-0.1, -0.05) is 29.8 Å². The molecule has 1 aromatic carbocycles. The van der Waals surface area contributed by atoms with Crippen molar-refractivity contribution in [2.75, 3.05) is 7.05 Å². The van der Waals surface area contributed by atoms with Crippen LogP contribution in [0.15, 0.2) is 24.3 Å². The number of amides is 2. The highest BCUT2D eigenvalue weighted by Gasteiger charge is 2.36. The summed E-state index contributed by atoms with van der Waals surface area (Å²) in [7, 11) is 1.91. The fourth-order valence-electron chi connectivity index (χ4n) is 4.16. The highest BCUT2D eigenvalue weighted by atomic mass is 35.5. The standard InChI is InChI=1S/C20H29N3O2.ClH/c1-13-4-6-15(7-5-13)19(21-14(2)24)12-20(25)23(3)18-10-16-8-9-17(11-18)22-16;/h4-7,16-19,22H,8-12H2,1-3H3,(H,21,24);1H. The Morgan fingerprint density at radius 1 is 1.19 bits per heavy atom. The Kier molecular flexibility index (Phi) is 7.07. The van der Waals surface area contributed by atoms with Crippen LogP contribution in [0.1, 0.15) is 56.2 Å². The van der Waals surface area contributed by atoms with E-state index in [1.54, 1.807) is 0 Å². The van der Waals surface area contributed by atoms with Gasteiger partial charge in [0.2, 0.25) is 11.8 Å². The number of nitrogens with zero attached hydrogens (tertiary/aromatic N) is 1. The third-order valence-electron chi connectivity index (χ3n) is 5.63. The van der Waals surface area contributed by atoms with Crippen molar-refractivity contribution in [3.8, 4) is 0 Å². The third kappa shape index (κ3) is 4.98. The molecule has 2 N–H and O–H groups in total. The fraction of sp³-hybridized carbons (Fsp3) is 0.600. The lowest BCUT2D eigenvalue weighted by Gasteiger charge is -2.36. The zero-order chi connectivity index (χ0) is 18.0. The molecule has 3 rings (SSSR count). The van der Waals surface area contributed by atoms with Gasteiger partial charge in [0.25, 0.3) is 0 Å². The van der Waals surface area contributed by atoms with Crippen LogP contribution >= 0.6 is 12.4 Å². The minimum Gasteiger partial charge on any atom is -0.349 e. The zero-order valence-corrected chi connectivity index (χ0v) is 16.6. The van der Waals surface area contributed by atoms with Gasteiger partial charge in [0.1, 0.15) is 0 Å². The normalized spacial score (nSPS) is 25.1. The Morgan fingerprint density at radius 3 is 2.31 bits per heavy atom.